The van der Waals surface area contributed by atoms with Crippen LogP contribution < -0.4 is 15.9 Å². The van der Waals surface area contributed by atoms with Crippen LogP contribution in [0.25, 0.3) is 33.4 Å². The van der Waals surface area contributed by atoms with Gasteiger partial charge in [0, 0.05) is 11.6 Å². The van der Waals surface area contributed by atoms with E-state index in [0.29, 0.717) is 40.4 Å². The van der Waals surface area contributed by atoms with Gasteiger partial charge in [0.05, 0.1) is 10.9 Å². The van der Waals surface area contributed by atoms with Crippen LogP contribution in [0.1, 0.15) is 20.3 Å². The van der Waals surface area contributed by atoms with Gasteiger partial charge in [-0.2, -0.15) is 0 Å². The molecule has 172 valence electrons. The third-order valence-electron chi connectivity index (χ3n) is 5.33. The van der Waals surface area contributed by atoms with E-state index in [1.54, 1.807) is 18.2 Å². The molecular weight excluding hydrogens is 438 g/mol. The third kappa shape index (κ3) is 5.45. The van der Waals surface area contributed by atoms with Crippen molar-refractivity contribution in [2.75, 3.05) is 0 Å². The van der Waals surface area contributed by atoms with E-state index in [-0.39, 0.29) is 17.8 Å². The molecule has 5 nitrogen and oxygen atoms in total. The van der Waals surface area contributed by atoms with Crippen molar-refractivity contribution in [3.8, 4) is 28.2 Å². The number of nitrogens with two attached hydrogens (primary N) is 1. The second-order valence-electron chi connectivity index (χ2n) is 8.30. The Morgan fingerprint density at radius 3 is 2.15 bits per heavy atom. The van der Waals surface area contributed by atoms with E-state index < -0.39 is 12.3 Å². The van der Waals surface area contributed by atoms with E-state index >= 15 is 0 Å². The summed E-state index contributed by atoms with van der Waals surface area (Å²) in [4.78, 5) is 13.5. The summed E-state index contributed by atoms with van der Waals surface area (Å²) in [5.41, 5.74) is 8.42. The molecule has 0 fully saturated rings. The van der Waals surface area contributed by atoms with Gasteiger partial charge in [0.1, 0.15) is 23.2 Å². The fourth-order valence-corrected chi connectivity index (χ4v) is 3.76. The van der Waals surface area contributed by atoms with Crippen molar-refractivity contribution in [1.82, 2.24) is 0 Å². The number of fused-ring (bicyclic) bond motifs is 1. The molecule has 4 rings (SSSR count). The van der Waals surface area contributed by atoms with E-state index in [1.807, 2.05) is 74.5 Å². The maximum atomic E-state index is 13.5. The van der Waals surface area contributed by atoms with Gasteiger partial charge in [-0.1, -0.05) is 74.5 Å². The second kappa shape index (κ2) is 10.7. The first-order valence-corrected chi connectivity index (χ1v) is 10.8. The molecule has 4 aromatic rings. The molecule has 1 heterocycles. The summed E-state index contributed by atoms with van der Waals surface area (Å²) in [5.74, 6) is 1.22. The number of aliphatic hydroxyl groups is 1. The van der Waals surface area contributed by atoms with Crippen LogP contribution in [0.4, 0.5) is 0 Å². The number of ether oxygens (including phenoxy) is 1. The quantitative estimate of drug-likeness (QED) is 0.346. The molecule has 6 heteroatoms. The molecule has 33 heavy (non-hydrogen) atoms. The molecule has 2 unspecified atom stereocenters. The molecule has 2 atom stereocenters. The summed E-state index contributed by atoms with van der Waals surface area (Å²) in [7, 11) is 0. The average molecular weight is 466 g/mol. The van der Waals surface area contributed by atoms with E-state index in [0.717, 1.165) is 11.1 Å². The topological polar surface area (TPSA) is 85.7 Å². The van der Waals surface area contributed by atoms with Crippen molar-refractivity contribution in [3.63, 3.8) is 0 Å². The van der Waals surface area contributed by atoms with Crippen LogP contribution >= 0.6 is 12.4 Å². The molecule has 0 bridgehead atoms. The molecule has 0 aliphatic rings. The maximum absolute atomic E-state index is 13.5. The Morgan fingerprint density at radius 2 is 1.55 bits per heavy atom. The third-order valence-corrected chi connectivity index (χ3v) is 5.33. The summed E-state index contributed by atoms with van der Waals surface area (Å²) in [6.45, 7) is 4.02. The predicted octanol–water partition coefficient (Wildman–Crippen LogP) is 5.62. The molecule has 0 aliphatic heterocycles. The first-order valence-electron chi connectivity index (χ1n) is 10.8. The van der Waals surface area contributed by atoms with Crippen molar-refractivity contribution >= 4 is 23.4 Å². The maximum Gasteiger partial charge on any atom is 0.201 e. The SMILES string of the molecule is CC(C)CC(O)C(N)Oc1ccc2c(=O)c(-c3ccccc3)c(-c3ccccc3)oc2c1.Cl. The van der Waals surface area contributed by atoms with Crippen molar-refractivity contribution in [1.29, 1.82) is 0 Å². The highest BCUT2D eigenvalue weighted by molar-refractivity contribution is 5.89. The van der Waals surface area contributed by atoms with Crippen LogP contribution in [0.5, 0.6) is 5.75 Å². The molecule has 1 aromatic heterocycles. The Morgan fingerprint density at radius 1 is 0.939 bits per heavy atom. The zero-order valence-corrected chi connectivity index (χ0v) is 19.4. The minimum absolute atomic E-state index is 0. The molecule has 0 radical (unpaired) electrons. The molecule has 3 N–H and O–H groups in total. The Labute approximate surface area is 199 Å². The van der Waals surface area contributed by atoms with Gasteiger partial charge in [-0.15, -0.1) is 12.4 Å². The minimum Gasteiger partial charge on any atom is -0.473 e. The molecule has 0 amide bonds. The molecule has 3 aromatic carbocycles. The highest BCUT2D eigenvalue weighted by atomic mass is 35.5. The number of halogens is 1. The zero-order valence-electron chi connectivity index (χ0n) is 18.6. The fourth-order valence-electron chi connectivity index (χ4n) is 3.76. The molecular formula is C27H28ClNO4. The number of benzene rings is 3. The van der Waals surface area contributed by atoms with Crippen molar-refractivity contribution in [2.45, 2.75) is 32.6 Å². The summed E-state index contributed by atoms with van der Waals surface area (Å²) in [6.07, 6.45) is -1.14. The van der Waals surface area contributed by atoms with Crippen LogP contribution in [0.2, 0.25) is 0 Å². The number of hydrogen-bond acceptors (Lipinski definition) is 5. The normalized spacial score (nSPS) is 12.9. The summed E-state index contributed by atoms with van der Waals surface area (Å²) in [5, 5.41) is 10.7. The molecule has 0 aliphatic carbocycles. The summed E-state index contributed by atoms with van der Waals surface area (Å²) in [6, 6.07) is 24.1. The second-order valence-corrected chi connectivity index (χ2v) is 8.30. The van der Waals surface area contributed by atoms with Crippen LogP contribution in [0.3, 0.4) is 0 Å². The number of aliphatic hydroxyl groups excluding tert-OH is 1. The molecule has 0 saturated carbocycles. The van der Waals surface area contributed by atoms with Gasteiger partial charge < -0.3 is 14.3 Å². The van der Waals surface area contributed by atoms with E-state index in [1.165, 1.54) is 0 Å². The first kappa shape index (κ1) is 24.5. The lowest BCUT2D eigenvalue weighted by Gasteiger charge is -2.21. The van der Waals surface area contributed by atoms with E-state index in [9.17, 15) is 9.90 Å². The van der Waals surface area contributed by atoms with Crippen molar-refractivity contribution in [2.24, 2.45) is 11.7 Å². The lowest BCUT2D eigenvalue weighted by molar-refractivity contribution is 0.0269. The monoisotopic (exact) mass is 465 g/mol. The highest BCUT2D eigenvalue weighted by Crippen LogP contribution is 2.33. The van der Waals surface area contributed by atoms with Crippen molar-refractivity contribution in [3.05, 3.63) is 89.1 Å². The molecule has 0 saturated heterocycles. The highest BCUT2D eigenvalue weighted by Gasteiger charge is 2.20. The van der Waals surface area contributed by atoms with Gasteiger partial charge >= 0.3 is 0 Å². The Kier molecular flexibility index (Phi) is 7.92. The van der Waals surface area contributed by atoms with Crippen LogP contribution in [0.15, 0.2) is 88.1 Å². The number of hydrogen-bond donors (Lipinski definition) is 2. The van der Waals surface area contributed by atoms with Crippen LogP contribution in [-0.4, -0.2) is 17.4 Å². The van der Waals surface area contributed by atoms with Crippen LogP contribution in [-0.2, 0) is 0 Å². The lowest BCUT2D eigenvalue weighted by Crippen LogP contribution is -2.40. The van der Waals surface area contributed by atoms with Crippen molar-refractivity contribution < 1.29 is 14.3 Å². The minimum atomic E-state index is -0.876. The van der Waals surface area contributed by atoms with Gasteiger partial charge in [0.25, 0.3) is 0 Å². The van der Waals surface area contributed by atoms with Gasteiger partial charge in [-0.25, -0.2) is 0 Å². The van der Waals surface area contributed by atoms with Gasteiger partial charge in [0.2, 0.25) is 5.43 Å². The Hall–Kier alpha value is -3.12. The summed E-state index contributed by atoms with van der Waals surface area (Å²) >= 11 is 0. The zero-order chi connectivity index (χ0) is 22.7. The summed E-state index contributed by atoms with van der Waals surface area (Å²) < 4.78 is 12.0. The number of rotatable bonds is 7. The predicted molar refractivity (Wildman–Crippen MR) is 135 cm³/mol. The Bertz CT molecular complexity index is 1260. The Balaban J connectivity index is 0.00000306. The largest absolute Gasteiger partial charge is 0.473 e. The van der Waals surface area contributed by atoms with E-state index in [4.69, 9.17) is 14.9 Å². The van der Waals surface area contributed by atoms with Gasteiger partial charge in [-0.05, 0) is 30.0 Å². The standard InChI is InChI=1S/C27H27NO4.ClH/c1-17(2)15-22(29)27(28)31-20-13-14-21-23(16-20)32-26(19-11-7-4-8-12-19)24(25(21)30)18-9-5-3-6-10-18;/h3-14,16-17,22,27,29H,15,28H2,1-2H3;1H. The van der Waals surface area contributed by atoms with Crippen LogP contribution in [0, 0.1) is 5.92 Å². The first-order chi connectivity index (χ1) is 15.4. The lowest BCUT2D eigenvalue weighted by atomic mass is 9.98. The fraction of sp³-hybridized carbons (Fsp3) is 0.222. The van der Waals surface area contributed by atoms with E-state index in [2.05, 4.69) is 0 Å². The smallest absolute Gasteiger partial charge is 0.201 e. The van der Waals surface area contributed by atoms with Gasteiger partial charge in [0.15, 0.2) is 6.23 Å². The average Bonchev–Trinajstić information content (AvgIpc) is 2.79. The molecule has 0 spiro atoms. The van der Waals surface area contributed by atoms with Gasteiger partial charge in [-0.3, -0.25) is 10.5 Å².